The standard InChI is InChI=1S/C17H24N2O4S.ClH/c1-24(21,22)10-9-23-14-4-2-3-13(11-14)19-16(20)15-12-17(15)5-7-18-8-6-17;/h2-4,11,15,18H,5-10,12H2,1H3,(H,19,20);1H. The Bertz CT molecular complexity index is 717. The third-order valence-electron chi connectivity index (χ3n) is 4.93. The highest BCUT2D eigenvalue weighted by atomic mass is 35.5. The highest BCUT2D eigenvalue weighted by molar-refractivity contribution is 7.90. The van der Waals surface area contributed by atoms with Gasteiger partial charge in [0.15, 0.2) is 9.84 Å². The van der Waals surface area contributed by atoms with Crippen molar-refractivity contribution in [2.45, 2.75) is 19.3 Å². The van der Waals surface area contributed by atoms with Crippen molar-refractivity contribution < 1.29 is 17.9 Å². The Morgan fingerprint density at radius 1 is 1.36 bits per heavy atom. The van der Waals surface area contributed by atoms with Crippen molar-refractivity contribution in [1.29, 1.82) is 0 Å². The minimum atomic E-state index is -3.04. The van der Waals surface area contributed by atoms with Crippen LogP contribution >= 0.6 is 12.4 Å². The van der Waals surface area contributed by atoms with Gasteiger partial charge in [-0.25, -0.2) is 8.42 Å². The molecule has 1 aliphatic heterocycles. The van der Waals surface area contributed by atoms with Crippen LogP contribution in [0.1, 0.15) is 19.3 Å². The van der Waals surface area contributed by atoms with Gasteiger partial charge in [-0.05, 0) is 49.9 Å². The van der Waals surface area contributed by atoms with Crippen LogP contribution in [0.15, 0.2) is 24.3 Å². The summed E-state index contributed by atoms with van der Waals surface area (Å²) in [5, 5.41) is 6.30. The van der Waals surface area contributed by atoms with E-state index >= 15 is 0 Å². The van der Waals surface area contributed by atoms with Crippen LogP contribution in [0.25, 0.3) is 0 Å². The molecule has 1 spiro atoms. The number of sulfone groups is 1. The Morgan fingerprint density at radius 2 is 2.08 bits per heavy atom. The molecule has 0 radical (unpaired) electrons. The molecule has 1 unspecified atom stereocenters. The van der Waals surface area contributed by atoms with Crippen LogP contribution in [0.4, 0.5) is 5.69 Å². The summed E-state index contributed by atoms with van der Waals surface area (Å²) in [4.78, 5) is 12.5. The van der Waals surface area contributed by atoms with E-state index in [2.05, 4.69) is 10.6 Å². The summed E-state index contributed by atoms with van der Waals surface area (Å²) in [6, 6.07) is 7.10. The van der Waals surface area contributed by atoms with E-state index in [1.165, 1.54) is 6.26 Å². The number of nitrogens with one attached hydrogen (secondary N) is 2. The number of carbonyl (C=O) groups excluding carboxylic acids is 1. The molecule has 6 nitrogen and oxygen atoms in total. The van der Waals surface area contributed by atoms with Crippen molar-refractivity contribution >= 4 is 33.8 Å². The molecule has 1 aromatic carbocycles. The Labute approximate surface area is 155 Å². The first-order valence-corrected chi connectivity index (χ1v) is 10.4. The molecule has 1 saturated heterocycles. The lowest BCUT2D eigenvalue weighted by Crippen LogP contribution is -2.31. The fraction of sp³-hybridized carbons (Fsp3) is 0.588. The van der Waals surface area contributed by atoms with Crippen LogP contribution in [0.2, 0.25) is 0 Å². The van der Waals surface area contributed by atoms with Crippen molar-refractivity contribution in [2.24, 2.45) is 11.3 Å². The molecule has 3 rings (SSSR count). The van der Waals surface area contributed by atoms with E-state index in [4.69, 9.17) is 4.74 Å². The molecule has 1 atom stereocenters. The van der Waals surface area contributed by atoms with E-state index in [-0.39, 0.29) is 42.0 Å². The molecule has 140 valence electrons. The largest absolute Gasteiger partial charge is 0.492 e. The average Bonchev–Trinajstić information content (AvgIpc) is 3.20. The number of hydrogen-bond acceptors (Lipinski definition) is 5. The van der Waals surface area contributed by atoms with Gasteiger partial charge < -0.3 is 15.4 Å². The first-order chi connectivity index (χ1) is 11.4. The number of anilines is 1. The molecule has 2 fully saturated rings. The summed E-state index contributed by atoms with van der Waals surface area (Å²) in [5.74, 6) is 0.714. The fourth-order valence-corrected chi connectivity index (χ4v) is 3.79. The number of carbonyl (C=O) groups is 1. The quantitative estimate of drug-likeness (QED) is 0.777. The summed E-state index contributed by atoms with van der Waals surface area (Å²) < 4.78 is 27.7. The Morgan fingerprint density at radius 3 is 2.76 bits per heavy atom. The van der Waals surface area contributed by atoms with E-state index in [0.717, 1.165) is 32.4 Å². The van der Waals surface area contributed by atoms with Gasteiger partial charge in [0.1, 0.15) is 12.4 Å². The number of amides is 1. The molecule has 1 amide bonds. The first-order valence-electron chi connectivity index (χ1n) is 8.30. The van der Waals surface area contributed by atoms with Crippen LogP contribution in [-0.4, -0.2) is 46.0 Å². The summed E-state index contributed by atoms with van der Waals surface area (Å²) in [5.41, 5.74) is 0.895. The lowest BCUT2D eigenvalue weighted by Gasteiger charge is -2.23. The lowest BCUT2D eigenvalue weighted by atomic mass is 9.92. The summed E-state index contributed by atoms with van der Waals surface area (Å²) in [6.07, 6.45) is 4.30. The molecule has 1 saturated carbocycles. The Kier molecular flexibility index (Phi) is 6.35. The van der Waals surface area contributed by atoms with E-state index in [1.807, 2.05) is 6.07 Å². The normalized spacial score (nSPS) is 21.2. The molecule has 2 aliphatic rings. The van der Waals surface area contributed by atoms with E-state index in [1.54, 1.807) is 18.2 Å². The van der Waals surface area contributed by atoms with Gasteiger partial charge in [-0.3, -0.25) is 4.79 Å². The molecule has 1 aliphatic carbocycles. The zero-order valence-electron chi connectivity index (χ0n) is 14.3. The molecule has 0 aromatic heterocycles. The fourth-order valence-electron chi connectivity index (χ4n) is 3.40. The summed E-state index contributed by atoms with van der Waals surface area (Å²) >= 11 is 0. The van der Waals surface area contributed by atoms with Crippen molar-refractivity contribution in [3.63, 3.8) is 0 Å². The van der Waals surface area contributed by atoms with Gasteiger partial charge in [0.05, 0.1) is 5.75 Å². The SMILES string of the molecule is CS(=O)(=O)CCOc1cccc(NC(=O)C2CC23CCNCC3)c1.Cl. The molecule has 0 bridgehead atoms. The van der Waals surface area contributed by atoms with Gasteiger partial charge in [-0.1, -0.05) is 6.07 Å². The molecule has 2 N–H and O–H groups in total. The third kappa shape index (κ3) is 5.33. The zero-order chi connectivity index (χ0) is 17.2. The van der Waals surface area contributed by atoms with Gasteiger partial charge in [-0.15, -0.1) is 12.4 Å². The van der Waals surface area contributed by atoms with Crippen LogP contribution < -0.4 is 15.4 Å². The molecular formula is C17H25ClN2O4S. The summed E-state index contributed by atoms with van der Waals surface area (Å²) in [7, 11) is -3.04. The smallest absolute Gasteiger partial charge is 0.228 e. The topological polar surface area (TPSA) is 84.5 Å². The predicted octanol–water partition coefficient (Wildman–Crippen LogP) is 1.86. The predicted molar refractivity (Wildman–Crippen MR) is 100 cm³/mol. The second-order valence-corrected chi connectivity index (χ2v) is 9.12. The molecule has 8 heteroatoms. The summed E-state index contributed by atoms with van der Waals surface area (Å²) in [6.45, 7) is 2.09. The highest BCUT2D eigenvalue weighted by Gasteiger charge is 2.57. The van der Waals surface area contributed by atoms with E-state index in [9.17, 15) is 13.2 Å². The maximum absolute atomic E-state index is 12.5. The second kappa shape index (κ2) is 7.93. The van der Waals surface area contributed by atoms with Crippen molar-refractivity contribution in [3.05, 3.63) is 24.3 Å². The molecule has 1 aromatic rings. The van der Waals surface area contributed by atoms with Crippen LogP contribution in [0.5, 0.6) is 5.75 Å². The van der Waals surface area contributed by atoms with Gasteiger partial charge in [0.25, 0.3) is 0 Å². The number of hydrogen-bond donors (Lipinski definition) is 2. The lowest BCUT2D eigenvalue weighted by molar-refractivity contribution is -0.118. The van der Waals surface area contributed by atoms with Gasteiger partial charge in [-0.2, -0.15) is 0 Å². The zero-order valence-corrected chi connectivity index (χ0v) is 15.9. The number of piperidine rings is 1. The van der Waals surface area contributed by atoms with Gasteiger partial charge >= 0.3 is 0 Å². The third-order valence-corrected chi connectivity index (χ3v) is 5.84. The maximum Gasteiger partial charge on any atom is 0.228 e. The average molecular weight is 389 g/mol. The molecule has 25 heavy (non-hydrogen) atoms. The first kappa shape index (κ1) is 20.0. The minimum absolute atomic E-state index is 0. The Hall–Kier alpha value is -1.31. The minimum Gasteiger partial charge on any atom is -0.492 e. The Balaban J connectivity index is 0.00000225. The monoisotopic (exact) mass is 388 g/mol. The van der Waals surface area contributed by atoms with Crippen molar-refractivity contribution in [2.75, 3.05) is 37.0 Å². The van der Waals surface area contributed by atoms with Crippen LogP contribution in [0.3, 0.4) is 0 Å². The van der Waals surface area contributed by atoms with Crippen molar-refractivity contribution in [1.82, 2.24) is 5.32 Å². The van der Waals surface area contributed by atoms with Crippen molar-refractivity contribution in [3.8, 4) is 5.75 Å². The number of benzene rings is 1. The number of halogens is 1. The second-order valence-electron chi connectivity index (χ2n) is 6.86. The van der Waals surface area contributed by atoms with Gasteiger partial charge in [0.2, 0.25) is 5.91 Å². The number of ether oxygens (including phenoxy) is 1. The van der Waals surface area contributed by atoms with E-state index in [0.29, 0.717) is 11.4 Å². The van der Waals surface area contributed by atoms with E-state index < -0.39 is 9.84 Å². The maximum atomic E-state index is 12.5. The number of rotatable bonds is 6. The van der Waals surface area contributed by atoms with Crippen LogP contribution in [-0.2, 0) is 14.6 Å². The molecule has 1 heterocycles. The van der Waals surface area contributed by atoms with Gasteiger partial charge in [0, 0.05) is 23.9 Å². The molecular weight excluding hydrogens is 364 g/mol. The highest BCUT2D eigenvalue weighted by Crippen LogP contribution is 2.58. The van der Waals surface area contributed by atoms with Crippen LogP contribution in [0, 0.1) is 11.3 Å².